The molecule has 2 aromatic rings. The van der Waals surface area contributed by atoms with Gasteiger partial charge in [0.15, 0.2) is 0 Å². The van der Waals surface area contributed by atoms with Gasteiger partial charge in [-0.1, -0.05) is 0 Å². The Morgan fingerprint density at radius 3 is 2.95 bits per heavy atom. The second-order valence-corrected chi connectivity index (χ2v) is 6.78. The molecule has 21 heavy (non-hydrogen) atoms. The molecule has 1 fully saturated rings. The fourth-order valence-corrected chi connectivity index (χ4v) is 2.91. The Morgan fingerprint density at radius 2 is 2.19 bits per heavy atom. The molecule has 3 rings (SSSR count). The van der Waals surface area contributed by atoms with Gasteiger partial charge in [0, 0.05) is 36.1 Å². The Morgan fingerprint density at radius 1 is 1.38 bits per heavy atom. The van der Waals surface area contributed by atoms with Gasteiger partial charge in [-0.05, 0) is 39.3 Å². The van der Waals surface area contributed by atoms with E-state index in [4.69, 9.17) is 0 Å². The monoisotopic (exact) mass is 286 g/mol. The number of aromatic amines is 1. The van der Waals surface area contributed by atoms with Crippen molar-refractivity contribution >= 4 is 16.7 Å². The molecule has 0 aromatic carbocycles. The van der Waals surface area contributed by atoms with Crippen molar-refractivity contribution in [3.05, 3.63) is 34.7 Å². The molecule has 0 radical (unpaired) electrons. The van der Waals surface area contributed by atoms with Crippen molar-refractivity contribution in [3.63, 3.8) is 0 Å². The third-order valence-corrected chi connectivity index (χ3v) is 3.74. The third-order valence-electron chi connectivity index (χ3n) is 3.74. The lowest BCUT2D eigenvalue weighted by atomic mass is 10.1. The molecule has 0 unspecified atom stereocenters. The SMILES string of the molecule is CC(C)(C)N[C@@H]1CCN(c2cc3ccc(=O)[nH]c3cn2)C1. The summed E-state index contributed by atoms with van der Waals surface area (Å²) in [4.78, 5) is 20.9. The second kappa shape index (κ2) is 5.15. The average Bonchev–Trinajstić information content (AvgIpc) is 2.84. The number of H-pyrrole nitrogens is 1. The molecule has 2 aromatic heterocycles. The molecule has 5 nitrogen and oxygen atoms in total. The van der Waals surface area contributed by atoms with Crippen molar-refractivity contribution < 1.29 is 0 Å². The number of hydrogen-bond acceptors (Lipinski definition) is 4. The molecule has 112 valence electrons. The minimum Gasteiger partial charge on any atom is -0.355 e. The minimum absolute atomic E-state index is 0.0901. The van der Waals surface area contributed by atoms with Gasteiger partial charge in [-0.3, -0.25) is 4.79 Å². The van der Waals surface area contributed by atoms with E-state index in [1.165, 1.54) is 0 Å². The van der Waals surface area contributed by atoms with E-state index in [0.717, 1.165) is 36.2 Å². The topological polar surface area (TPSA) is 61.0 Å². The Hall–Kier alpha value is -1.88. The summed E-state index contributed by atoms with van der Waals surface area (Å²) in [7, 11) is 0. The zero-order chi connectivity index (χ0) is 15.0. The fourth-order valence-electron chi connectivity index (χ4n) is 2.91. The van der Waals surface area contributed by atoms with Crippen molar-refractivity contribution in [2.75, 3.05) is 18.0 Å². The number of fused-ring (bicyclic) bond motifs is 1. The lowest BCUT2D eigenvalue weighted by Gasteiger charge is -2.26. The smallest absolute Gasteiger partial charge is 0.248 e. The van der Waals surface area contributed by atoms with Crippen LogP contribution in [0.4, 0.5) is 5.82 Å². The van der Waals surface area contributed by atoms with E-state index in [1.807, 2.05) is 12.1 Å². The predicted octanol–water partition coefficient (Wildman–Crippen LogP) is 1.89. The van der Waals surface area contributed by atoms with E-state index in [2.05, 4.69) is 41.0 Å². The molecule has 0 amide bonds. The summed E-state index contributed by atoms with van der Waals surface area (Å²) >= 11 is 0. The third kappa shape index (κ3) is 3.24. The van der Waals surface area contributed by atoms with Crippen LogP contribution in [0.2, 0.25) is 0 Å². The highest BCUT2D eigenvalue weighted by Gasteiger charge is 2.26. The van der Waals surface area contributed by atoms with E-state index in [-0.39, 0.29) is 11.1 Å². The maximum absolute atomic E-state index is 11.3. The number of hydrogen-bond donors (Lipinski definition) is 2. The van der Waals surface area contributed by atoms with Gasteiger partial charge in [-0.2, -0.15) is 0 Å². The highest BCUT2D eigenvalue weighted by atomic mass is 16.1. The molecule has 0 saturated carbocycles. The number of aromatic nitrogens is 2. The number of rotatable bonds is 2. The molecule has 0 spiro atoms. The lowest BCUT2D eigenvalue weighted by molar-refractivity contribution is 0.373. The summed E-state index contributed by atoms with van der Waals surface area (Å²) in [5.74, 6) is 0.979. The first-order valence-electron chi connectivity index (χ1n) is 7.42. The zero-order valence-electron chi connectivity index (χ0n) is 12.8. The van der Waals surface area contributed by atoms with E-state index in [0.29, 0.717) is 6.04 Å². The van der Waals surface area contributed by atoms with Crippen molar-refractivity contribution in [3.8, 4) is 0 Å². The van der Waals surface area contributed by atoms with Crippen LogP contribution in [0.15, 0.2) is 29.2 Å². The first-order chi connectivity index (χ1) is 9.90. The molecular formula is C16H22N4O. The van der Waals surface area contributed by atoms with E-state index in [9.17, 15) is 4.79 Å². The van der Waals surface area contributed by atoms with Crippen LogP contribution in [-0.4, -0.2) is 34.6 Å². The van der Waals surface area contributed by atoms with E-state index in [1.54, 1.807) is 12.3 Å². The number of nitrogens with zero attached hydrogens (tertiary/aromatic N) is 2. The fraction of sp³-hybridized carbons (Fsp3) is 0.500. The summed E-state index contributed by atoms with van der Waals surface area (Å²) < 4.78 is 0. The van der Waals surface area contributed by atoms with Crippen molar-refractivity contribution in [1.29, 1.82) is 0 Å². The van der Waals surface area contributed by atoms with Gasteiger partial charge in [-0.15, -0.1) is 0 Å². The second-order valence-electron chi connectivity index (χ2n) is 6.78. The van der Waals surface area contributed by atoms with Crippen LogP contribution in [0.1, 0.15) is 27.2 Å². The van der Waals surface area contributed by atoms with Gasteiger partial charge >= 0.3 is 0 Å². The highest BCUT2D eigenvalue weighted by molar-refractivity contribution is 5.80. The van der Waals surface area contributed by atoms with Gasteiger partial charge in [0.05, 0.1) is 11.7 Å². The predicted molar refractivity (Wildman–Crippen MR) is 85.9 cm³/mol. The lowest BCUT2D eigenvalue weighted by Crippen LogP contribution is -2.44. The summed E-state index contributed by atoms with van der Waals surface area (Å²) in [5, 5.41) is 4.67. The molecule has 1 atom stereocenters. The molecular weight excluding hydrogens is 264 g/mol. The maximum atomic E-state index is 11.3. The average molecular weight is 286 g/mol. The van der Waals surface area contributed by atoms with Crippen LogP contribution in [0.3, 0.4) is 0 Å². The molecule has 1 saturated heterocycles. The Kier molecular flexibility index (Phi) is 3.45. The van der Waals surface area contributed by atoms with Gasteiger partial charge < -0.3 is 15.2 Å². The number of nitrogens with one attached hydrogen (secondary N) is 2. The van der Waals surface area contributed by atoms with Gasteiger partial charge in [0.25, 0.3) is 0 Å². The standard InChI is InChI=1S/C16H22N4O/c1-16(2,3)19-12-6-7-20(10-12)14-8-11-4-5-15(21)18-13(11)9-17-14/h4-5,8-9,12,19H,6-7,10H2,1-3H3,(H,18,21)/t12-/m1/s1. The van der Waals surface area contributed by atoms with Gasteiger partial charge in [0.1, 0.15) is 5.82 Å². The van der Waals surface area contributed by atoms with E-state index < -0.39 is 0 Å². The summed E-state index contributed by atoms with van der Waals surface area (Å²) in [6.45, 7) is 8.57. The molecule has 1 aliphatic rings. The summed E-state index contributed by atoms with van der Waals surface area (Å²) in [5.41, 5.74) is 0.833. The van der Waals surface area contributed by atoms with Crippen LogP contribution in [0, 0.1) is 0 Å². The molecule has 0 bridgehead atoms. The van der Waals surface area contributed by atoms with E-state index >= 15 is 0 Å². The Labute approximate surface area is 124 Å². The van der Waals surface area contributed by atoms with Crippen LogP contribution < -0.4 is 15.8 Å². The molecule has 5 heteroatoms. The quantitative estimate of drug-likeness (QED) is 0.885. The summed E-state index contributed by atoms with van der Waals surface area (Å²) in [6.07, 6.45) is 2.87. The maximum Gasteiger partial charge on any atom is 0.248 e. The highest BCUT2D eigenvalue weighted by Crippen LogP contribution is 2.22. The summed E-state index contributed by atoms with van der Waals surface area (Å²) in [6, 6.07) is 5.95. The largest absolute Gasteiger partial charge is 0.355 e. The number of anilines is 1. The molecule has 3 heterocycles. The van der Waals surface area contributed by atoms with Crippen LogP contribution in [-0.2, 0) is 0 Å². The Balaban J connectivity index is 1.79. The zero-order valence-corrected chi connectivity index (χ0v) is 12.8. The number of pyridine rings is 2. The first-order valence-corrected chi connectivity index (χ1v) is 7.42. The van der Waals surface area contributed by atoms with Crippen molar-refractivity contribution in [1.82, 2.24) is 15.3 Å². The van der Waals surface area contributed by atoms with Crippen LogP contribution >= 0.6 is 0 Å². The van der Waals surface area contributed by atoms with Gasteiger partial charge in [0.2, 0.25) is 5.56 Å². The van der Waals surface area contributed by atoms with Crippen molar-refractivity contribution in [2.24, 2.45) is 0 Å². The van der Waals surface area contributed by atoms with Crippen molar-refractivity contribution in [2.45, 2.75) is 38.8 Å². The molecule has 2 N–H and O–H groups in total. The molecule has 0 aliphatic carbocycles. The van der Waals surface area contributed by atoms with Gasteiger partial charge in [-0.25, -0.2) is 4.98 Å². The van der Waals surface area contributed by atoms with Crippen LogP contribution in [0.5, 0.6) is 0 Å². The first kappa shape index (κ1) is 14.1. The molecule has 1 aliphatic heterocycles. The normalized spacial score (nSPS) is 19.4. The van der Waals surface area contributed by atoms with Crippen LogP contribution in [0.25, 0.3) is 10.9 Å². The Bertz CT molecular complexity index is 701. The minimum atomic E-state index is -0.0901.